The number of carbonyl (C=O) groups is 2. The summed E-state index contributed by atoms with van der Waals surface area (Å²) in [6.45, 7) is 8.78. The number of carbonyl (C=O) groups excluding carboxylic acids is 2. The largest absolute Gasteiger partial charge is 0.355 e. The smallest absolute Gasteiger partial charge is 0.251 e. The average Bonchev–Trinajstić information content (AvgIpc) is 2.35. The number of rotatable bonds is 4. The monoisotopic (exact) mass is 262 g/mol. The maximum absolute atomic E-state index is 11.8. The van der Waals surface area contributed by atoms with E-state index in [4.69, 9.17) is 0 Å². The standard InChI is InChI=1S/C15H22N2O2/c1-5-16-13(18)10-17-14(19)11-6-8-12(9-7-11)15(2,3)4/h6-9H,5,10H2,1-4H3,(H,16,18)(H,17,19). The summed E-state index contributed by atoms with van der Waals surface area (Å²) in [6.07, 6.45) is 0. The topological polar surface area (TPSA) is 58.2 Å². The number of hydrogen-bond acceptors (Lipinski definition) is 2. The van der Waals surface area contributed by atoms with Crippen molar-refractivity contribution in [1.82, 2.24) is 10.6 Å². The van der Waals surface area contributed by atoms with Crippen LogP contribution in [-0.4, -0.2) is 24.9 Å². The van der Waals surface area contributed by atoms with Gasteiger partial charge in [0.05, 0.1) is 6.54 Å². The molecule has 1 rings (SSSR count). The Morgan fingerprint density at radius 1 is 1.05 bits per heavy atom. The molecule has 0 aliphatic heterocycles. The van der Waals surface area contributed by atoms with Crippen LogP contribution in [0.25, 0.3) is 0 Å². The summed E-state index contributed by atoms with van der Waals surface area (Å²) >= 11 is 0. The van der Waals surface area contributed by atoms with Gasteiger partial charge >= 0.3 is 0 Å². The molecule has 0 bridgehead atoms. The molecule has 104 valence electrons. The molecule has 19 heavy (non-hydrogen) atoms. The number of nitrogens with one attached hydrogen (secondary N) is 2. The quantitative estimate of drug-likeness (QED) is 0.870. The second kappa shape index (κ2) is 6.36. The van der Waals surface area contributed by atoms with E-state index in [1.165, 1.54) is 5.56 Å². The van der Waals surface area contributed by atoms with Crippen molar-refractivity contribution in [3.8, 4) is 0 Å². The van der Waals surface area contributed by atoms with Gasteiger partial charge < -0.3 is 10.6 Å². The Kier molecular flexibility index (Phi) is 5.10. The summed E-state index contributed by atoms with van der Waals surface area (Å²) in [5, 5.41) is 5.22. The van der Waals surface area contributed by atoms with Gasteiger partial charge in [0.15, 0.2) is 0 Å². The van der Waals surface area contributed by atoms with E-state index < -0.39 is 0 Å². The minimum Gasteiger partial charge on any atom is -0.355 e. The van der Waals surface area contributed by atoms with E-state index in [2.05, 4.69) is 31.4 Å². The van der Waals surface area contributed by atoms with Crippen LogP contribution in [0.3, 0.4) is 0 Å². The van der Waals surface area contributed by atoms with Crippen molar-refractivity contribution in [1.29, 1.82) is 0 Å². The van der Waals surface area contributed by atoms with Crippen LogP contribution in [0.1, 0.15) is 43.6 Å². The Bertz CT molecular complexity index is 444. The summed E-state index contributed by atoms with van der Waals surface area (Å²) in [5.74, 6) is -0.408. The van der Waals surface area contributed by atoms with E-state index in [0.717, 1.165) is 0 Å². The SMILES string of the molecule is CCNC(=O)CNC(=O)c1ccc(C(C)(C)C)cc1. The number of hydrogen-bond donors (Lipinski definition) is 2. The van der Waals surface area contributed by atoms with Gasteiger partial charge in [-0.15, -0.1) is 0 Å². The zero-order valence-electron chi connectivity index (χ0n) is 12.0. The van der Waals surface area contributed by atoms with E-state index in [9.17, 15) is 9.59 Å². The Hall–Kier alpha value is -1.84. The highest BCUT2D eigenvalue weighted by atomic mass is 16.2. The third-order valence-electron chi connectivity index (χ3n) is 2.80. The number of amides is 2. The zero-order valence-corrected chi connectivity index (χ0v) is 12.0. The van der Waals surface area contributed by atoms with Gasteiger partial charge in [-0.25, -0.2) is 0 Å². The van der Waals surface area contributed by atoms with Crippen molar-refractivity contribution in [3.05, 3.63) is 35.4 Å². The fraction of sp³-hybridized carbons (Fsp3) is 0.467. The van der Waals surface area contributed by atoms with Gasteiger partial charge in [0.2, 0.25) is 5.91 Å². The molecule has 0 radical (unpaired) electrons. The van der Waals surface area contributed by atoms with Crippen molar-refractivity contribution >= 4 is 11.8 Å². The lowest BCUT2D eigenvalue weighted by Crippen LogP contribution is -2.36. The fourth-order valence-electron chi connectivity index (χ4n) is 1.64. The van der Waals surface area contributed by atoms with E-state index in [0.29, 0.717) is 12.1 Å². The molecule has 1 aromatic carbocycles. The third kappa shape index (κ3) is 4.73. The summed E-state index contributed by atoms with van der Waals surface area (Å²) in [4.78, 5) is 23.1. The molecule has 0 unspecified atom stereocenters. The molecule has 4 nitrogen and oxygen atoms in total. The van der Waals surface area contributed by atoms with Crippen LogP contribution in [0.5, 0.6) is 0 Å². The van der Waals surface area contributed by atoms with Gasteiger partial charge in [-0.3, -0.25) is 9.59 Å². The molecule has 0 aliphatic carbocycles. The molecular formula is C15H22N2O2. The van der Waals surface area contributed by atoms with Crippen LogP contribution >= 0.6 is 0 Å². The highest BCUT2D eigenvalue weighted by molar-refractivity contribution is 5.96. The van der Waals surface area contributed by atoms with Crippen molar-refractivity contribution < 1.29 is 9.59 Å². The second-order valence-electron chi connectivity index (χ2n) is 5.46. The Morgan fingerprint density at radius 3 is 2.11 bits per heavy atom. The minimum absolute atomic E-state index is 0.00763. The predicted molar refractivity (Wildman–Crippen MR) is 76.2 cm³/mol. The van der Waals surface area contributed by atoms with Gasteiger partial charge in [0, 0.05) is 12.1 Å². The van der Waals surface area contributed by atoms with Crippen molar-refractivity contribution in [2.24, 2.45) is 0 Å². The highest BCUT2D eigenvalue weighted by Gasteiger charge is 2.14. The number of benzene rings is 1. The summed E-state index contributed by atoms with van der Waals surface area (Å²) in [5.41, 5.74) is 1.81. The lowest BCUT2D eigenvalue weighted by Gasteiger charge is -2.19. The normalized spacial score (nSPS) is 10.9. The molecule has 0 fully saturated rings. The lowest BCUT2D eigenvalue weighted by molar-refractivity contribution is -0.120. The second-order valence-corrected chi connectivity index (χ2v) is 5.46. The molecule has 1 aromatic rings. The Balaban J connectivity index is 2.61. The molecule has 0 atom stereocenters. The van der Waals surface area contributed by atoms with Crippen LogP contribution in [-0.2, 0) is 10.2 Å². The van der Waals surface area contributed by atoms with Gasteiger partial charge in [-0.2, -0.15) is 0 Å². The van der Waals surface area contributed by atoms with Crippen molar-refractivity contribution in [3.63, 3.8) is 0 Å². The van der Waals surface area contributed by atoms with Crippen LogP contribution in [0.15, 0.2) is 24.3 Å². The summed E-state index contributed by atoms with van der Waals surface area (Å²) in [6, 6.07) is 7.46. The van der Waals surface area contributed by atoms with E-state index in [1.807, 2.05) is 19.1 Å². The Morgan fingerprint density at radius 2 is 1.63 bits per heavy atom. The van der Waals surface area contributed by atoms with Gasteiger partial charge in [0.1, 0.15) is 0 Å². The van der Waals surface area contributed by atoms with E-state index >= 15 is 0 Å². The number of likely N-dealkylation sites (N-methyl/N-ethyl adjacent to an activating group) is 1. The molecule has 2 N–H and O–H groups in total. The van der Waals surface area contributed by atoms with Gasteiger partial charge in [0.25, 0.3) is 5.91 Å². The molecule has 0 aromatic heterocycles. The highest BCUT2D eigenvalue weighted by Crippen LogP contribution is 2.22. The van der Waals surface area contributed by atoms with Crippen LogP contribution < -0.4 is 10.6 Å². The van der Waals surface area contributed by atoms with Gasteiger partial charge in [-0.1, -0.05) is 32.9 Å². The zero-order chi connectivity index (χ0) is 14.5. The third-order valence-corrected chi connectivity index (χ3v) is 2.80. The van der Waals surface area contributed by atoms with Crippen molar-refractivity contribution in [2.45, 2.75) is 33.1 Å². The molecule has 0 spiro atoms. The first-order valence-electron chi connectivity index (χ1n) is 6.50. The first kappa shape index (κ1) is 15.2. The van der Waals surface area contributed by atoms with Crippen LogP contribution in [0, 0.1) is 0 Å². The molecule has 0 saturated heterocycles. The molecule has 2 amide bonds. The van der Waals surface area contributed by atoms with E-state index in [-0.39, 0.29) is 23.8 Å². The minimum atomic E-state index is -0.230. The maximum atomic E-state index is 11.8. The van der Waals surface area contributed by atoms with Gasteiger partial charge in [-0.05, 0) is 30.0 Å². The fourth-order valence-corrected chi connectivity index (χ4v) is 1.64. The molecule has 4 heteroatoms. The summed E-state index contributed by atoms with van der Waals surface area (Å²) in [7, 11) is 0. The maximum Gasteiger partial charge on any atom is 0.251 e. The summed E-state index contributed by atoms with van der Waals surface area (Å²) < 4.78 is 0. The van der Waals surface area contributed by atoms with Crippen molar-refractivity contribution in [2.75, 3.05) is 13.1 Å². The molecule has 0 heterocycles. The lowest BCUT2D eigenvalue weighted by atomic mass is 9.87. The first-order chi connectivity index (χ1) is 8.84. The molecule has 0 aliphatic rings. The van der Waals surface area contributed by atoms with E-state index in [1.54, 1.807) is 12.1 Å². The van der Waals surface area contributed by atoms with Crippen LogP contribution in [0.2, 0.25) is 0 Å². The Labute approximate surface area is 114 Å². The molecule has 0 saturated carbocycles. The van der Waals surface area contributed by atoms with Crippen LogP contribution in [0.4, 0.5) is 0 Å². The predicted octanol–water partition coefficient (Wildman–Crippen LogP) is 1.85. The average molecular weight is 262 g/mol. The first-order valence-corrected chi connectivity index (χ1v) is 6.50. The molecular weight excluding hydrogens is 240 g/mol.